The molecule has 2 atom stereocenters. The summed E-state index contributed by atoms with van der Waals surface area (Å²) in [4.78, 5) is 27.2. The summed E-state index contributed by atoms with van der Waals surface area (Å²) in [5.41, 5.74) is 0.556. The highest BCUT2D eigenvalue weighted by atomic mass is 16.2. The third kappa shape index (κ3) is 3.38. The number of H-pyrrole nitrogens is 1. The number of likely N-dealkylation sites (tertiary alicyclic amines) is 1. The van der Waals surface area contributed by atoms with E-state index in [0.29, 0.717) is 36.5 Å². The molecule has 2 heterocycles. The molecule has 142 valence electrons. The first kappa shape index (κ1) is 17.6. The summed E-state index contributed by atoms with van der Waals surface area (Å²) in [5.74, 6) is 0.903. The van der Waals surface area contributed by atoms with E-state index in [1.807, 2.05) is 0 Å². The SMILES string of the molecule is O=C(NC[C@@]12CCC[C@H]1N(CC1CCCCC1)C(=O)CC2)c1ccn[nH]1. The van der Waals surface area contributed by atoms with Gasteiger partial charge in [-0.05, 0) is 44.1 Å². The van der Waals surface area contributed by atoms with Crippen molar-refractivity contribution in [3.05, 3.63) is 18.0 Å². The summed E-state index contributed by atoms with van der Waals surface area (Å²) in [6.07, 6.45) is 13.0. The van der Waals surface area contributed by atoms with Crippen molar-refractivity contribution in [1.29, 1.82) is 0 Å². The second-order valence-electron chi connectivity index (χ2n) is 8.47. The number of amides is 2. The van der Waals surface area contributed by atoms with Crippen molar-refractivity contribution in [1.82, 2.24) is 20.4 Å². The molecule has 0 radical (unpaired) electrons. The van der Waals surface area contributed by atoms with Gasteiger partial charge in [-0.1, -0.05) is 25.7 Å². The zero-order valence-electron chi connectivity index (χ0n) is 15.5. The first-order valence-electron chi connectivity index (χ1n) is 10.2. The normalized spacial score (nSPS) is 29.6. The lowest BCUT2D eigenvalue weighted by atomic mass is 9.74. The number of hydrogen-bond acceptors (Lipinski definition) is 3. The maximum absolute atomic E-state index is 12.7. The fourth-order valence-electron chi connectivity index (χ4n) is 5.48. The van der Waals surface area contributed by atoms with Crippen LogP contribution in [0.3, 0.4) is 0 Å². The van der Waals surface area contributed by atoms with E-state index in [4.69, 9.17) is 0 Å². The topological polar surface area (TPSA) is 78.1 Å². The Balaban J connectivity index is 1.44. The van der Waals surface area contributed by atoms with Crippen molar-refractivity contribution < 1.29 is 9.59 Å². The highest BCUT2D eigenvalue weighted by molar-refractivity contribution is 5.92. The summed E-state index contributed by atoms with van der Waals surface area (Å²) in [7, 11) is 0. The standard InChI is InChI=1S/C20H30N4O2/c25-18-8-11-20(14-21-19(26)16-9-12-22-23-16)10-4-7-17(20)24(18)13-15-5-2-1-3-6-15/h9,12,15,17H,1-8,10-11,13-14H2,(H,21,26)(H,22,23)/t17-,20+/m1/s1. The molecule has 1 aromatic heterocycles. The summed E-state index contributed by atoms with van der Waals surface area (Å²) in [5, 5.41) is 9.68. The van der Waals surface area contributed by atoms with Crippen LogP contribution < -0.4 is 5.32 Å². The third-order valence-electron chi connectivity index (χ3n) is 6.92. The van der Waals surface area contributed by atoms with Gasteiger partial charge in [-0.25, -0.2) is 0 Å². The number of rotatable bonds is 5. The molecule has 2 N–H and O–H groups in total. The van der Waals surface area contributed by atoms with Crippen molar-refractivity contribution >= 4 is 11.8 Å². The summed E-state index contributed by atoms with van der Waals surface area (Å²) in [6, 6.07) is 1.99. The summed E-state index contributed by atoms with van der Waals surface area (Å²) >= 11 is 0. The average molecular weight is 358 g/mol. The van der Waals surface area contributed by atoms with E-state index >= 15 is 0 Å². The molecule has 2 aliphatic carbocycles. The van der Waals surface area contributed by atoms with Gasteiger partial charge in [0.1, 0.15) is 5.69 Å². The van der Waals surface area contributed by atoms with Crippen molar-refractivity contribution in [3.8, 4) is 0 Å². The predicted octanol–water partition coefficient (Wildman–Crippen LogP) is 2.88. The molecule has 3 aliphatic rings. The monoisotopic (exact) mass is 358 g/mol. The zero-order chi connectivity index (χ0) is 18.0. The minimum atomic E-state index is -0.0988. The van der Waals surface area contributed by atoms with Gasteiger partial charge in [0.15, 0.2) is 0 Å². The van der Waals surface area contributed by atoms with Gasteiger partial charge in [-0.15, -0.1) is 0 Å². The molecule has 1 aliphatic heterocycles. The highest BCUT2D eigenvalue weighted by Crippen LogP contribution is 2.48. The van der Waals surface area contributed by atoms with E-state index in [9.17, 15) is 9.59 Å². The largest absolute Gasteiger partial charge is 0.350 e. The molecule has 2 amide bonds. The van der Waals surface area contributed by atoms with E-state index in [1.165, 1.54) is 32.1 Å². The lowest BCUT2D eigenvalue weighted by molar-refractivity contribution is -0.142. The maximum Gasteiger partial charge on any atom is 0.269 e. The first-order valence-corrected chi connectivity index (χ1v) is 10.2. The summed E-state index contributed by atoms with van der Waals surface area (Å²) < 4.78 is 0. The minimum Gasteiger partial charge on any atom is -0.350 e. The van der Waals surface area contributed by atoms with Crippen molar-refractivity contribution in [2.45, 2.75) is 70.3 Å². The van der Waals surface area contributed by atoms with Crippen LogP contribution in [0.25, 0.3) is 0 Å². The molecular weight excluding hydrogens is 328 g/mol. The van der Waals surface area contributed by atoms with Crippen LogP contribution >= 0.6 is 0 Å². The maximum atomic E-state index is 12.7. The number of piperidine rings is 1. The average Bonchev–Trinajstić information content (AvgIpc) is 3.33. The van der Waals surface area contributed by atoms with Crippen LogP contribution in [0.5, 0.6) is 0 Å². The van der Waals surface area contributed by atoms with Gasteiger partial charge in [0.05, 0.1) is 0 Å². The second-order valence-corrected chi connectivity index (χ2v) is 8.47. The molecule has 0 aromatic carbocycles. The van der Waals surface area contributed by atoms with Crippen molar-refractivity contribution in [3.63, 3.8) is 0 Å². The van der Waals surface area contributed by atoms with Gasteiger partial charge in [0.25, 0.3) is 5.91 Å². The number of hydrogen-bond donors (Lipinski definition) is 2. The first-order chi connectivity index (χ1) is 12.7. The van der Waals surface area contributed by atoms with Crippen molar-refractivity contribution in [2.75, 3.05) is 13.1 Å². The fraction of sp³-hybridized carbons (Fsp3) is 0.750. The van der Waals surface area contributed by atoms with E-state index in [0.717, 1.165) is 32.2 Å². The Morgan fingerprint density at radius 3 is 2.85 bits per heavy atom. The number of fused-ring (bicyclic) bond motifs is 1. The van der Waals surface area contributed by atoms with Gasteiger partial charge in [-0.2, -0.15) is 5.10 Å². The Morgan fingerprint density at radius 1 is 1.23 bits per heavy atom. The van der Waals surface area contributed by atoms with Crippen LogP contribution in [0.4, 0.5) is 0 Å². The van der Waals surface area contributed by atoms with Crippen LogP contribution in [0, 0.1) is 11.3 Å². The molecule has 6 heteroatoms. The van der Waals surface area contributed by atoms with Crippen LogP contribution in [-0.4, -0.2) is 46.0 Å². The van der Waals surface area contributed by atoms with E-state index in [2.05, 4.69) is 20.4 Å². The molecule has 1 aromatic rings. The van der Waals surface area contributed by atoms with E-state index < -0.39 is 0 Å². The number of nitrogens with zero attached hydrogens (tertiary/aromatic N) is 2. The molecule has 4 rings (SSSR count). The van der Waals surface area contributed by atoms with Gasteiger partial charge in [0.2, 0.25) is 5.91 Å². The van der Waals surface area contributed by atoms with Crippen LogP contribution in [-0.2, 0) is 4.79 Å². The lowest BCUT2D eigenvalue weighted by Crippen LogP contribution is -2.57. The minimum absolute atomic E-state index is 0.0538. The van der Waals surface area contributed by atoms with E-state index in [-0.39, 0.29) is 11.3 Å². The zero-order valence-corrected chi connectivity index (χ0v) is 15.5. The highest BCUT2D eigenvalue weighted by Gasteiger charge is 2.50. The molecular formula is C20H30N4O2. The molecule has 26 heavy (non-hydrogen) atoms. The Kier molecular flexibility index (Phi) is 5.00. The molecule has 0 bridgehead atoms. The molecule has 1 saturated heterocycles. The predicted molar refractivity (Wildman–Crippen MR) is 98.5 cm³/mol. The van der Waals surface area contributed by atoms with E-state index in [1.54, 1.807) is 12.3 Å². The van der Waals surface area contributed by atoms with Crippen LogP contribution in [0.1, 0.15) is 74.7 Å². The number of carbonyl (C=O) groups is 2. The Bertz CT molecular complexity index is 638. The Labute approximate surface area is 155 Å². The molecule has 3 fully saturated rings. The van der Waals surface area contributed by atoms with Crippen LogP contribution in [0.2, 0.25) is 0 Å². The van der Waals surface area contributed by atoms with Gasteiger partial charge >= 0.3 is 0 Å². The second kappa shape index (κ2) is 7.41. The Hall–Kier alpha value is -1.85. The quantitative estimate of drug-likeness (QED) is 0.849. The van der Waals surface area contributed by atoms with Crippen molar-refractivity contribution in [2.24, 2.45) is 11.3 Å². The Morgan fingerprint density at radius 2 is 2.08 bits per heavy atom. The molecule has 2 saturated carbocycles. The van der Waals surface area contributed by atoms with Gasteiger partial charge in [0, 0.05) is 37.2 Å². The number of aromatic amines is 1. The summed E-state index contributed by atoms with van der Waals surface area (Å²) in [6.45, 7) is 1.59. The fourth-order valence-corrected chi connectivity index (χ4v) is 5.48. The third-order valence-corrected chi connectivity index (χ3v) is 6.92. The molecule has 6 nitrogen and oxygen atoms in total. The number of aromatic nitrogens is 2. The van der Waals surface area contributed by atoms with Gasteiger partial charge < -0.3 is 10.2 Å². The molecule has 0 spiro atoms. The van der Waals surface area contributed by atoms with Gasteiger partial charge in [-0.3, -0.25) is 14.7 Å². The van der Waals surface area contributed by atoms with Crippen LogP contribution in [0.15, 0.2) is 12.3 Å². The number of carbonyl (C=O) groups excluding carboxylic acids is 2. The molecule has 0 unspecified atom stereocenters. The lowest BCUT2D eigenvalue weighted by Gasteiger charge is -2.47. The smallest absolute Gasteiger partial charge is 0.269 e. The number of nitrogens with one attached hydrogen (secondary N) is 2.